The van der Waals surface area contributed by atoms with E-state index in [0.717, 1.165) is 49.6 Å². The summed E-state index contributed by atoms with van der Waals surface area (Å²) >= 11 is 0. The lowest BCUT2D eigenvalue weighted by Crippen LogP contribution is -2.31. The van der Waals surface area contributed by atoms with Gasteiger partial charge in [-0.1, -0.05) is 12.8 Å². The Balaban J connectivity index is 1.30. The minimum Gasteiger partial charge on any atom is -0.393 e. The predicted molar refractivity (Wildman–Crippen MR) is 112 cm³/mol. The molecule has 2 aromatic rings. The summed E-state index contributed by atoms with van der Waals surface area (Å²) in [5.41, 5.74) is 2.03. The number of benzene rings is 1. The van der Waals surface area contributed by atoms with Gasteiger partial charge in [-0.3, -0.25) is 9.36 Å². The first-order chi connectivity index (χ1) is 14.1. The molecule has 0 saturated heterocycles. The lowest BCUT2D eigenvalue weighted by Gasteiger charge is -2.26. The number of aromatic amines is 1. The van der Waals surface area contributed by atoms with Crippen LogP contribution in [0.4, 0.5) is 0 Å². The summed E-state index contributed by atoms with van der Waals surface area (Å²) < 4.78 is 1.81. The molecule has 6 nitrogen and oxygen atoms in total. The molecule has 1 amide bonds. The average Bonchev–Trinajstić information content (AvgIpc) is 3.40. The molecule has 0 aliphatic heterocycles. The van der Waals surface area contributed by atoms with Gasteiger partial charge in [-0.15, -0.1) is 0 Å². The Morgan fingerprint density at radius 2 is 1.93 bits per heavy atom. The molecule has 3 saturated carbocycles. The molecule has 0 bridgehead atoms. The summed E-state index contributed by atoms with van der Waals surface area (Å²) in [5, 5.41) is 12.9. The first-order valence-electron chi connectivity index (χ1n) is 11.3. The van der Waals surface area contributed by atoms with Gasteiger partial charge in [-0.25, -0.2) is 4.79 Å². The van der Waals surface area contributed by atoms with Gasteiger partial charge in [0.05, 0.1) is 17.1 Å². The largest absolute Gasteiger partial charge is 0.393 e. The van der Waals surface area contributed by atoms with Gasteiger partial charge in [0, 0.05) is 18.2 Å². The summed E-state index contributed by atoms with van der Waals surface area (Å²) in [6.07, 6.45) is 9.42. The SMILES string of the molecule is O=C(NC[C@H]1CC[C@@H]2CCC[C@@H]21)c1ccc2c(c1)[nH]c(=O)n2C1CCC(O)CC1. The summed E-state index contributed by atoms with van der Waals surface area (Å²) in [4.78, 5) is 28.2. The summed E-state index contributed by atoms with van der Waals surface area (Å²) in [5.74, 6) is 2.26. The highest BCUT2D eigenvalue weighted by Gasteiger charge is 2.38. The number of H-pyrrole nitrogens is 1. The first kappa shape index (κ1) is 18.9. The van der Waals surface area contributed by atoms with Crippen molar-refractivity contribution in [2.45, 2.75) is 69.9 Å². The molecule has 29 heavy (non-hydrogen) atoms. The fourth-order valence-corrected chi connectivity index (χ4v) is 6.22. The highest BCUT2D eigenvalue weighted by Crippen LogP contribution is 2.47. The Hall–Kier alpha value is -2.08. The number of aliphatic hydroxyl groups is 1. The van der Waals surface area contributed by atoms with Crippen molar-refractivity contribution in [3.05, 3.63) is 34.2 Å². The van der Waals surface area contributed by atoms with Crippen LogP contribution in [0.2, 0.25) is 0 Å². The molecule has 5 rings (SSSR count). The van der Waals surface area contributed by atoms with E-state index in [4.69, 9.17) is 0 Å². The molecular weight excluding hydrogens is 366 g/mol. The van der Waals surface area contributed by atoms with E-state index in [9.17, 15) is 14.7 Å². The number of hydrogen-bond donors (Lipinski definition) is 3. The molecule has 1 heterocycles. The molecule has 3 fully saturated rings. The van der Waals surface area contributed by atoms with E-state index in [2.05, 4.69) is 10.3 Å². The van der Waals surface area contributed by atoms with Crippen LogP contribution >= 0.6 is 0 Å². The molecule has 1 aromatic heterocycles. The van der Waals surface area contributed by atoms with Crippen LogP contribution in [-0.2, 0) is 0 Å². The Kier molecular flexibility index (Phi) is 4.98. The number of rotatable bonds is 4. The number of amides is 1. The van der Waals surface area contributed by atoms with Crippen molar-refractivity contribution >= 4 is 16.9 Å². The molecule has 6 heteroatoms. The zero-order chi connectivity index (χ0) is 20.0. The molecule has 3 aliphatic carbocycles. The zero-order valence-electron chi connectivity index (χ0n) is 16.9. The Bertz CT molecular complexity index is 954. The van der Waals surface area contributed by atoms with Crippen LogP contribution in [0.1, 0.15) is 74.2 Å². The number of nitrogens with one attached hydrogen (secondary N) is 2. The van der Waals surface area contributed by atoms with Crippen LogP contribution in [0.5, 0.6) is 0 Å². The average molecular weight is 398 g/mol. The lowest BCUT2D eigenvalue weighted by molar-refractivity contribution is 0.0943. The lowest BCUT2D eigenvalue weighted by atomic mass is 9.92. The van der Waals surface area contributed by atoms with Gasteiger partial charge in [0.2, 0.25) is 0 Å². The van der Waals surface area contributed by atoms with Crippen LogP contribution in [-0.4, -0.2) is 33.2 Å². The van der Waals surface area contributed by atoms with Crippen LogP contribution in [0.3, 0.4) is 0 Å². The van der Waals surface area contributed by atoms with Gasteiger partial charge in [-0.05, 0) is 80.9 Å². The van der Waals surface area contributed by atoms with E-state index in [1.165, 1.54) is 32.1 Å². The van der Waals surface area contributed by atoms with Gasteiger partial charge in [-0.2, -0.15) is 0 Å². The van der Waals surface area contributed by atoms with Crippen molar-refractivity contribution in [1.29, 1.82) is 0 Å². The number of carbonyl (C=O) groups excluding carboxylic acids is 1. The number of imidazole rings is 1. The molecule has 3 atom stereocenters. The fraction of sp³-hybridized carbons (Fsp3) is 0.652. The van der Waals surface area contributed by atoms with Gasteiger partial charge >= 0.3 is 5.69 Å². The van der Waals surface area contributed by atoms with Crippen molar-refractivity contribution in [1.82, 2.24) is 14.9 Å². The topological polar surface area (TPSA) is 87.1 Å². The number of fused-ring (bicyclic) bond motifs is 2. The highest BCUT2D eigenvalue weighted by atomic mass is 16.3. The second-order valence-corrected chi connectivity index (χ2v) is 9.40. The third kappa shape index (κ3) is 3.52. The van der Waals surface area contributed by atoms with E-state index < -0.39 is 0 Å². The second-order valence-electron chi connectivity index (χ2n) is 9.40. The quantitative estimate of drug-likeness (QED) is 0.739. The monoisotopic (exact) mass is 397 g/mol. The first-order valence-corrected chi connectivity index (χ1v) is 11.3. The fourth-order valence-electron chi connectivity index (χ4n) is 6.22. The molecule has 0 spiro atoms. The van der Waals surface area contributed by atoms with Crippen LogP contribution < -0.4 is 11.0 Å². The summed E-state index contributed by atoms with van der Waals surface area (Å²) in [7, 11) is 0. The van der Waals surface area contributed by atoms with Gasteiger partial charge in [0.25, 0.3) is 5.91 Å². The van der Waals surface area contributed by atoms with Crippen LogP contribution in [0.25, 0.3) is 11.0 Å². The molecule has 156 valence electrons. The highest BCUT2D eigenvalue weighted by molar-refractivity contribution is 5.97. The third-order valence-corrected chi connectivity index (χ3v) is 7.77. The maximum Gasteiger partial charge on any atom is 0.326 e. The second kappa shape index (κ2) is 7.63. The van der Waals surface area contributed by atoms with Crippen molar-refractivity contribution in [3.63, 3.8) is 0 Å². The van der Waals surface area contributed by atoms with Crippen molar-refractivity contribution in [3.8, 4) is 0 Å². The van der Waals surface area contributed by atoms with Gasteiger partial charge in [0.1, 0.15) is 0 Å². The Labute approximate surface area is 170 Å². The molecule has 1 aromatic carbocycles. The smallest absolute Gasteiger partial charge is 0.326 e. The molecule has 0 radical (unpaired) electrons. The minimum atomic E-state index is -0.248. The summed E-state index contributed by atoms with van der Waals surface area (Å²) in [6, 6.07) is 5.62. The molecular formula is C23H31N3O3. The molecule has 0 unspecified atom stereocenters. The maximum atomic E-state index is 12.7. The van der Waals surface area contributed by atoms with Gasteiger partial charge < -0.3 is 15.4 Å². The van der Waals surface area contributed by atoms with Crippen molar-refractivity contribution in [2.24, 2.45) is 17.8 Å². The van der Waals surface area contributed by atoms with E-state index in [1.54, 1.807) is 6.07 Å². The van der Waals surface area contributed by atoms with Gasteiger partial charge in [0.15, 0.2) is 0 Å². The van der Waals surface area contributed by atoms with Crippen LogP contribution in [0, 0.1) is 17.8 Å². The number of hydrogen-bond acceptors (Lipinski definition) is 3. The van der Waals surface area contributed by atoms with E-state index >= 15 is 0 Å². The maximum absolute atomic E-state index is 12.7. The minimum absolute atomic E-state index is 0.0530. The standard InChI is InChI=1S/C23H31N3O3/c27-18-9-7-17(8-10-18)26-21-11-6-15(12-20(21)25-23(26)29)22(28)24-13-16-5-4-14-2-1-3-19(14)16/h6,11-12,14,16-19,27H,1-5,7-10,13H2,(H,24,28)(H,25,29)/t14-,16+,17?,18?,19-/m0/s1. The van der Waals surface area contributed by atoms with Crippen LogP contribution in [0.15, 0.2) is 23.0 Å². The molecule has 3 N–H and O–H groups in total. The zero-order valence-corrected chi connectivity index (χ0v) is 16.9. The molecule has 3 aliphatic rings. The Morgan fingerprint density at radius 1 is 1.10 bits per heavy atom. The summed E-state index contributed by atoms with van der Waals surface area (Å²) in [6.45, 7) is 0.764. The van der Waals surface area contributed by atoms with Crippen molar-refractivity contribution < 1.29 is 9.90 Å². The number of aliphatic hydroxyl groups excluding tert-OH is 1. The van der Waals surface area contributed by atoms with E-state index in [-0.39, 0.29) is 23.7 Å². The normalized spacial score (nSPS) is 31.8. The third-order valence-electron chi connectivity index (χ3n) is 7.77. The number of carbonyl (C=O) groups is 1. The van der Waals surface area contributed by atoms with E-state index in [1.807, 2.05) is 16.7 Å². The Morgan fingerprint density at radius 3 is 2.76 bits per heavy atom. The number of nitrogens with zero attached hydrogens (tertiary/aromatic N) is 1. The van der Waals surface area contributed by atoms with Crippen molar-refractivity contribution in [2.75, 3.05) is 6.54 Å². The predicted octanol–water partition coefficient (Wildman–Crippen LogP) is 3.36. The van der Waals surface area contributed by atoms with E-state index in [0.29, 0.717) is 17.0 Å². The number of aromatic nitrogens is 2.